The number of rotatable bonds is 5. The van der Waals surface area contributed by atoms with Gasteiger partial charge < -0.3 is 5.32 Å². The highest BCUT2D eigenvalue weighted by atomic mass is 14.9. The molecule has 3 aromatic carbocycles. The van der Waals surface area contributed by atoms with Gasteiger partial charge in [0.1, 0.15) is 0 Å². The molecule has 2 aliphatic rings. The Labute approximate surface area is 183 Å². The van der Waals surface area contributed by atoms with Gasteiger partial charge in [0, 0.05) is 22.5 Å². The Kier molecular flexibility index (Phi) is 5.37. The minimum Gasteiger partial charge on any atom is -0.358 e. The first-order valence-electron chi connectivity index (χ1n) is 10.7. The van der Waals surface area contributed by atoms with E-state index in [0.29, 0.717) is 0 Å². The molecule has 0 atom stereocenters. The van der Waals surface area contributed by atoms with Gasteiger partial charge in [0.15, 0.2) is 0 Å². The Morgan fingerprint density at radius 1 is 0.774 bits per heavy atom. The summed E-state index contributed by atoms with van der Waals surface area (Å²) in [6.07, 6.45) is 12.6. The minimum absolute atomic E-state index is 1.00. The molecule has 1 heteroatoms. The molecule has 0 bridgehead atoms. The predicted molar refractivity (Wildman–Crippen MR) is 131 cm³/mol. The van der Waals surface area contributed by atoms with E-state index in [-0.39, 0.29) is 0 Å². The van der Waals surface area contributed by atoms with E-state index in [1.54, 1.807) is 0 Å². The second-order valence-electron chi connectivity index (χ2n) is 7.69. The van der Waals surface area contributed by atoms with E-state index in [2.05, 4.69) is 108 Å². The molecule has 1 nitrogen and oxygen atoms in total. The van der Waals surface area contributed by atoms with E-state index >= 15 is 0 Å². The summed E-state index contributed by atoms with van der Waals surface area (Å²) >= 11 is 0. The van der Waals surface area contributed by atoms with Crippen molar-refractivity contribution < 1.29 is 0 Å². The first-order valence-corrected chi connectivity index (χ1v) is 10.7. The second-order valence-corrected chi connectivity index (χ2v) is 7.69. The van der Waals surface area contributed by atoms with E-state index in [1.165, 1.54) is 28.0 Å². The lowest BCUT2D eigenvalue weighted by molar-refractivity contribution is 0.970. The van der Waals surface area contributed by atoms with Crippen LogP contribution in [0.1, 0.15) is 24.0 Å². The van der Waals surface area contributed by atoms with Gasteiger partial charge >= 0.3 is 0 Å². The highest BCUT2D eigenvalue weighted by molar-refractivity contribution is 5.86. The summed E-state index contributed by atoms with van der Waals surface area (Å²) < 4.78 is 0. The Morgan fingerprint density at radius 2 is 1.55 bits per heavy atom. The zero-order chi connectivity index (χ0) is 20.9. The number of anilines is 1. The van der Waals surface area contributed by atoms with Crippen LogP contribution in [0.15, 0.2) is 126 Å². The molecule has 2 aliphatic carbocycles. The molecule has 0 saturated carbocycles. The molecule has 0 radical (unpaired) electrons. The number of hydrogen-bond donors (Lipinski definition) is 1. The fourth-order valence-electron chi connectivity index (χ4n) is 4.00. The largest absolute Gasteiger partial charge is 0.358 e. The van der Waals surface area contributed by atoms with Gasteiger partial charge in [-0.3, -0.25) is 0 Å². The predicted octanol–water partition coefficient (Wildman–Crippen LogP) is 7.79. The van der Waals surface area contributed by atoms with Crippen molar-refractivity contribution in [2.24, 2.45) is 0 Å². The van der Waals surface area contributed by atoms with Crippen LogP contribution < -0.4 is 5.32 Å². The minimum atomic E-state index is 1.00. The van der Waals surface area contributed by atoms with E-state index < -0.39 is 0 Å². The highest BCUT2D eigenvalue weighted by Gasteiger charge is 2.13. The molecule has 0 saturated heterocycles. The van der Waals surface area contributed by atoms with Crippen LogP contribution in [0.25, 0.3) is 22.3 Å². The number of nitrogens with one attached hydrogen (secondary N) is 1. The van der Waals surface area contributed by atoms with Gasteiger partial charge in [-0.25, -0.2) is 0 Å². The zero-order valence-corrected chi connectivity index (χ0v) is 17.3. The average molecular weight is 398 g/mol. The van der Waals surface area contributed by atoms with Crippen LogP contribution in [0.2, 0.25) is 0 Å². The zero-order valence-electron chi connectivity index (χ0n) is 17.3. The summed E-state index contributed by atoms with van der Waals surface area (Å²) in [5, 5.41) is 3.71. The van der Waals surface area contributed by atoms with Crippen LogP contribution in [0.5, 0.6) is 0 Å². The quantitative estimate of drug-likeness (QED) is 0.433. The van der Waals surface area contributed by atoms with Gasteiger partial charge in [-0.1, -0.05) is 90.3 Å². The molecule has 1 N–H and O–H groups in total. The van der Waals surface area contributed by atoms with Crippen molar-refractivity contribution in [2.45, 2.75) is 12.8 Å². The van der Waals surface area contributed by atoms with E-state index in [1.807, 2.05) is 18.2 Å². The number of hydrogen-bond acceptors (Lipinski definition) is 1. The van der Waals surface area contributed by atoms with Crippen molar-refractivity contribution >= 4 is 16.8 Å². The Morgan fingerprint density at radius 3 is 2.29 bits per heavy atom. The molecule has 0 fully saturated rings. The summed E-state index contributed by atoms with van der Waals surface area (Å²) in [6, 6.07) is 27.7. The third kappa shape index (κ3) is 4.29. The van der Waals surface area contributed by atoms with Gasteiger partial charge in [-0.05, 0) is 65.5 Å². The molecule has 0 spiro atoms. The SMILES string of the molecule is C1=C=C(c2cc(-c3ccccc3)ccc2NC2=CC(c3ccccc3)=CCC2)C=CC=1. The topological polar surface area (TPSA) is 12.0 Å². The smallest absolute Gasteiger partial charge is 0.0468 e. The van der Waals surface area contributed by atoms with Crippen LogP contribution in [-0.2, 0) is 0 Å². The molecule has 0 aliphatic heterocycles. The van der Waals surface area contributed by atoms with Crippen LogP contribution in [0.3, 0.4) is 0 Å². The maximum absolute atomic E-state index is 3.71. The standard InChI is InChI=1S/C30H23N/c1-4-11-23(12-5-1)26-17-10-18-28(21-26)31-30-20-19-27(24-13-6-2-7-14-24)22-29(30)25-15-8-3-9-16-25/h1-8,11-15,17,19-22,31H,10,18H2. The molecule has 0 heterocycles. The first kappa shape index (κ1) is 19.0. The molecule has 0 amide bonds. The highest BCUT2D eigenvalue weighted by Crippen LogP contribution is 2.33. The van der Waals surface area contributed by atoms with Gasteiger partial charge in [-0.15, -0.1) is 0 Å². The molecular weight excluding hydrogens is 374 g/mol. The van der Waals surface area contributed by atoms with Crippen molar-refractivity contribution in [2.75, 3.05) is 5.32 Å². The van der Waals surface area contributed by atoms with Crippen molar-refractivity contribution in [3.8, 4) is 11.1 Å². The Hall–Kier alpha value is -4.02. The van der Waals surface area contributed by atoms with Crippen molar-refractivity contribution in [1.82, 2.24) is 0 Å². The van der Waals surface area contributed by atoms with Gasteiger partial charge in [-0.2, -0.15) is 0 Å². The summed E-state index contributed by atoms with van der Waals surface area (Å²) in [7, 11) is 0. The third-order valence-electron chi connectivity index (χ3n) is 5.58. The van der Waals surface area contributed by atoms with E-state index in [9.17, 15) is 0 Å². The summed E-state index contributed by atoms with van der Waals surface area (Å²) in [6.45, 7) is 0. The monoisotopic (exact) mass is 397 g/mol. The van der Waals surface area contributed by atoms with Gasteiger partial charge in [0.05, 0.1) is 0 Å². The van der Waals surface area contributed by atoms with Gasteiger partial charge in [0.25, 0.3) is 0 Å². The number of allylic oxidation sites excluding steroid dienone is 8. The Balaban J connectivity index is 1.52. The molecule has 3 aromatic rings. The number of benzene rings is 3. The van der Waals surface area contributed by atoms with Crippen molar-refractivity contribution in [3.63, 3.8) is 0 Å². The van der Waals surface area contributed by atoms with Crippen molar-refractivity contribution in [1.29, 1.82) is 0 Å². The van der Waals surface area contributed by atoms with Crippen LogP contribution in [-0.4, -0.2) is 0 Å². The van der Waals surface area contributed by atoms with Crippen LogP contribution >= 0.6 is 0 Å². The molecule has 0 aromatic heterocycles. The molecule has 148 valence electrons. The maximum Gasteiger partial charge on any atom is 0.0468 e. The third-order valence-corrected chi connectivity index (χ3v) is 5.58. The van der Waals surface area contributed by atoms with Crippen LogP contribution in [0, 0.1) is 0 Å². The molecule has 5 rings (SSSR count). The van der Waals surface area contributed by atoms with E-state index in [0.717, 1.165) is 29.7 Å². The second kappa shape index (κ2) is 8.78. The molecule has 31 heavy (non-hydrogen) atoms. The lowest BCUT2D eigenvalue weighted by Gasteiger charge is -2.19. The van der Waals surface area contributed by atoms with E-state index in [4.69, 9.17) is 0 Å². The first-order chi connectivity index (χ1) is 15.4. The molecular formula is C30H23N. The average Bonchev–Trinajstić information content (AvgIpc) is 2.86. The summed E-state index contributed by atoms with van der Waals surface area (Å²) in [4.78, 5) is 0. The van der Waals surface area contributed by atoms with Crippen molar-refractivity contribution in [3.05, 3.63) is 138 Å². The van der Waals surface area contributed by atoms with Gasteiger partial charge in [0.2, 0.25) is 0 Å². The maximum atomic E-state index is 3.71. The summed E-state index contributed by atoms with van der Waals surface area (Å²) in [5.74, 6) is 0. The molecule has 0 unspecified atom stereocenters. The fraction of sp³-hybridized carbons (Fsp3) is 0.0667. The summed E-state index contributed by atoms with van der Waals surface area (Å²) in [5.41, 5.74) is 15.8. The fourth-order valence-corrected chi connectivity index (χ4v) is 4.00. The Bertz CT molecular complexity index is 1290. The normalized spacial score (nSPS) is 14.6. The lowest BCUT2D eigenvalue weighted by atomic mass is 9.95. The lowest BCUT2D eigenvalue weighted by Crippen LogP contribution is -2.05. The van der Waals surface area contributed by atoms with Crippen LogP contribution in [0.4, 0.5) is 5.69 Å².